The molecule has 0 spiro atoms. The summed E-state index contributed by atoms with van der Waals surface area (Å²) in [5, 5.41) is 4.34. The number of urea groups is 1. The van der Waals surface area contributed by atoms with Gasteiger partial charge in [-0.1, -0.05) is 0 Å². The fourth-order valence-electron chi connectivity index (χ4n) is 3.67. The molecule has 10 nitrogen and oxygen atoms in total. The third-order valence-electron chi connectivity index (χ3n) is 5.47. The summed E-state index contributed by atoms with van der Waals surface area (Å²) in [5.74, 6) is 1.01. The van der Waals surface area contributed by atoms with E-state index in [9.17, 15) is 13.2 Å². The number of hydrogen-bond donors (Lipinski definition) is 0. The van der Waals surface area contributed by atoms with Crippen LogP contribution in [-0.2, 0) is 10.0 Å². The van der Waals surface area contributed by atoms with Crippen LogP contribution in [0.5, 0.6) is 11.5 Å². The summed E-state index contributed by atoms with van der Waals surface area (Å²) >= 11 is 0. The van der Waals surface area contributed by atoms with E-state index in [1.54, 1.807) is 40.0 Å². The van der Waals surface area contributed by atoms with Crippen molar-refractivity contribution in [1.29, 1.82) is 0 Å². The molecule has 3 aliphatic heterocycles. The number of likely N-dealkylation sites (N-methyl/N-ethyl adjacent to an activating group) is 1. The molecule has 0 radical (unpaired) electrons. The Morgan fingerprint density at radius 1 is 1.10 bits per heavy atom. The summed E-state index contributed by atoms with van der Waals surface area (Å²) in [6.45, 7) is 2.81. The number of hydrogen-bond acceptors (Lipinski definition) is 6. The fourth-order valence-corrected chi connectivity index (χ4v) is 5.20. The van der Waals surface area contributed by atoms with Gasteiger partial charge >= 0.3 is 6.03 Å². The molecule has 1 aromatic carbocycles. The number of carbonyl (C=O) groups is 1. The summed E-state index contributed by atoms with van der Waals surface area (Å²) in [6.07, 6.45) is 3.45. The number of nitrogens with zero attached hydrogens (tertiary/aromatic N) is 5. The Bertz CT molecular complexity index is 1060. The Hall–Kier alpha value is -2.79. The molecule has 1 aromatic heterocycles. The van der Waals surface area contributed by atoms with E-state index >= 15 is 0 Å². The van der Waals surface area contributed by atoms with Crippen molar-refractivity contribution in [2.75, 3.05) is 51.3 Å². The molecule has 11 heteroatoms. The molecule has 29 heavy (non-hydrogen) atoms. The standard InChI is InChI=1S/C18H21N5O5S/c1-20-4-5-22(18(20)24)13-9-19-23(12-13)14-10-21(11-14)29(25,26)15-2-3-16-17(8-15)28-7-6-27-16/h2-3,8-9,12,14H,4-7,10-11H2,1H3. The molecule has 0 saturated carbocycles. The zero-order chi connectivity index (χ0) is 20.2. The van der Waals surface area contributed by atoms with Gasteiger partial charge in [0, 0.05) is 45.5 Å². The summed E-state index contributed by atoms with van der Waals surface area (Å²) in [4.78, 5) is 15.6. The average Bonchev–Trinajstić information content (AvgIpc) is 3.27. The number of anilines is 1. The third-order valence-corrected chi connectivity index (χ3v) is 7.30. The molecule has 0 aliphatic carbocycles. The number of benzene rings is 1. The Labute approximate surface area is 168 Å². The normalized spacial score (nSPS) is 20.2. The first kappa shape index (κ1) is 18.3. The van der Waals surface area contributed by atoms with E-state index < -0.39 is 10.0 Å². The van der Waals surface area contributed by atoms with Crippen LogP contribution in [0, 0.1) is 0 Å². The highest BCUT2D eigenvalue weighted by atomic mass is 32.2. The van der Waals surface area contributed by atoms with Crippen molar-refractivity contribution >= 4 is 21.7 Å². The first-order chi connectivity index (χ1) is 13.9. The topological polar surface area (TPSA) is 97.2 Å². The zero-order valence-electron chi connectivity index (χ0n) is 15.9. The number of aromatic nitrogens is 2. The van der Waals surface area contributed by atoms with Crippen molar-refractivity contribution in [3.63, 3.8) is 0 Å². The van der Waals surface area contributed by atoms with Gasteiger partial charge in [0.25, 0.3) is 0 Å². The second kappa shape index (κ2) is 6.63. The molecule has 2 fully saturated rings. The quantitative estimate of drug-likeness (QED) is 0.726. The molecule has 0 N–H and O–H groups in total. The molecule has 2 saturated heterocycles. The molecular weight excluding hydrogens is 398 g/mol. The van der Waals surface area contributed by atoms with Gasteiger partial charge < -0.3 is 14.4 Å². The van der Waals surface area contributed by atoms with E-state index in [4.69, 9.17) is 9.47 Å². The van der Waals surface area contributed by atoms with Gasteiger partial charge in [-0.2, -0.15) is 9.40 Å². The van der Waals surface area contributed by atoms with Crippen LogP contribution >= 0.6 is 0 Å². The molecule has 154 valence electrons. The maximum absolute atomic E-state index is 12.9. The first-order valence-corrected chi connectivity index (χ1v) is 10.8. The van der Waals surface area contributed by atoms with Gasteiger partial charge in [-0.15, -0.1) is 0 Å². The van der Waals surface area contributed by atoms with Crippen LogP contribution in [0.25, 0.3) is 0 Å². The summed E-state index contributed by atoms with van der Waals surface area (Å²) in [7, 11) is -1.85. The van der Waals surface area contributed by atoms with Gasteiger partial charge in [-0.05, 0) is 12.1 Å². The van der Waals surface area contributed by atoms with Crippen LogP contribution in [0.15, 0.2) is 35.5 Å². The largest absolute Gasteiger partial charge is 0.486 e. The number of carbonyl (C=O) groups excluding carboxylic acids is 1. The van der Waals surface area contributed by atoms with Crippen LogP contribution < -0.4 is 14.4 Å². The average molecular weight is 419 g/mol. The lowest BCUT2D eigenvalue weighted by atomic mass is 10.2. The van der Waals surface area contributed by atoms with Gasteiger partial charge in [0.05, 0.1) is 22.8 Å². The Morgan fingerprint density at radius 2 is 1.86 bits per heavy atom. The van der Waals surface area contributed by atoms with E-state index in [-0.39, 0.29) is 17.0 Å². The van der Waals surface area contributed by atoms with Crippen molar-refractivity contribution in [1.82, 2.24) is 19.0 Å². The van der Waals surface area contributed by atoms with Crippen molar-refractivity contribution in [3.05, 3.63) is 30.6 Å². The van der Waals surface area contributed by atoms with Gasteiger partial charge in [-0.3, -0.25) is 9.58 Å². The molecule has 2 amide bonds. The van der Waals surface area contributed by atoms with Gasteiger partial charge in [0.2, 0.25) is 10.0 Å². The highest BCUT2D eigenvalue weighted by Crippen LogP contribution is 2.35. The molecule has 0 bridgehead atoms. The van der Waals surface area contributed by atoms with E-state index in [2.05, 4.69) is 5.10 Å². The van der Waals surface area contributed by atoms with Crippen LogP contribution in [0.4, 0.5) is 10.5 Å². The monoisotopic (exact) mass is 419 g/mol. The maximum atomic E-state index is 12.9. The van der Waals surface area contributed by atoms with Crippen molar-refractivity contribution in [2.24, 2.45) is 0 Å². The lowest BCUT2D eigenvalue weighted by molar-refractivity contribution is 0.170. The lowest BCUT2D eigenvalue weighted by Crippen LogP contribution is -2.50. The Kier molecular flexibility index (Phi) is 4.17. The molecule has 0 atom stereocenters. The summed E-state index contributed by atoms with van der Waals surface area (Å²) < 4.78 is 39.9. The van der Waals surface area contributed by atoms with Crippen molar-refractivity contribution in [2.45, 2.75) is 10.9 Å². The number of rotatable bonds is 4. The number of sulfonamides is 1. The van der Waals surface area contributed by atoms with Crippen molar-refractivity contribution in [3.8, 4) is 11.5 Å². The van der Waals surface area contributed by atoms with E-state index in [0.717, 1.165) is 5.69 Å². The second-order valence-corrected chi connectivity index (χ2v) is 9.25. The number of amides is 2. The first-order valence-electron chi connectivity index (χ1n) is 9.40. The molecule has 3 aliphatic rings. The predicted octanol–water partition coefficient (Wildman–Crippen LogP) is 0.772. The molecule has 2 aromatic rings. The maximum Gasteiger partial charge on any atom is 0.324 e. The molecule has 0 unspecified atom stereocenters. The third kappa shape index (κ3) is 3.01. The number of ether oxygens (including phenoxy) is 2. The minimum atomic E-state index is -3.62. The number of fused-ring (bicyclic) bond motifs is 1. The van der Waals surface area contributed by atoms with Gasteiger partial charge in [-0.25, -0.2) is 13.2 Å². The van der Waals surface area contributed by atoms with E-state index in [0.29, 0.717) is 50.9 Å². The summed E-state index contributed by atoms with van der Waals surface area (Å²) in [5.41, 5.74) is 0.729. The zero-order valence-corrected chi connectivity index (χ0v) is 16.7. The highest BCUT2D eigenvalue weighted by molar-refractivity contribution is 7.89. The molecule has 4 heterocycles. The van der Waals surface area contributed by atoms with Gasteiger partial charge in [0.15, 0.2) is 11.5 Å². The van der Waals surface area contributed by atoms with Crippen molar-refractivity contribution < 1.29 is 22.7 Å². The van der Waals surface area contributed by atoms with Crippen LogP contribution in [-0.4, -0.2) is 79.9 Å². The Morgan fingerprint density at radius 3 is 2.59 bits per heavy atom. The van der Waals surface area contributed by atoms with Gasteiger partial charge in [0.1, 0.15) is 13.2 Å². The summed E-state index contributed by atoms with van der Waals surface area (Å²) in [6, 6.07) is 4.56. The minimum Gasteiger partial charge on any atom is -0.486 e. The lowest BCUT2D eigenvalue weighted by Gasteiger charge is -2.38. The molecular formula is C18H21N5O5S. The molecule has 5 rings (SSSR count). The van der Waals surface area contributed by atoms with Crippen LogP contribution in [0.1, 0.15) is 6.04 Å². The fraction of sp³-hybridized carbons (Fsp3) is 0.444. The Balaban J connectivity index is 1.28. The van der Waals surface area contributed by atoms with Crippen LogP contribution in [0.3, 0.4) is 0 Å². The predicted molar refractivity (Wildman–Crippen MR) is 103 cm³/mol. The van der Waals surface area contributed by atoms with E-state index in [1.165, 1.54) is 16.4 Å². The SMILES string of the molecule is CN1CCN(c2cnn(C3CN(S(=O)(=O)c4ccc5c(c4)OCCO5)C3)c2)C1=O. The van der Waals surface area contributed by atoms with E-state index in [1.807, 2.05) is 0 Å². The second-order valence-electron chi connectivity index (χ2n) is 7.32. The highest BCUT2D eigenvalue weighted by Gasteiger charge is 2.39. The minimum absolute atomic E-state index is 0.0547. The van der Waals surface area contributed by atoms with Crippen LogP contribution in [0.2, 0.25) is 0 Å². The smallest absolute Gasteiger partial charge is 0.324 e.